The fraction of sp³-hybridized carbons (Fsp3) is 0.286. The number of anilines is 1. The van der Waals surface area contributed by atoms with Crippen LogP contribution in [0.25, 0.3) is 0 Å². The first-order chi connectivity index (χ1) is 12.9. The lowest BCUT2D eigenvalue weighted by Crippen LogP contribution is -2.39. The number of ketones is 1. The van der Waals surface area contributed by atoms with Crippen LogP contribution in [0.15, 0.2) is 59.1 Å². The van der Waals surface area contributed by atoms with E-state index in [0.717, 1.165) is 10.2 Å². The van der Waals surface area contributed by atoms with E-state index in [1.807, 2.05) is 44.2 Å². The van der Waals surface area contributed by atoms with Crippen LogP contribution in [-0.2, 0) is 14.3 Å². The number of esters is 1. The third-order valence-corrected chi connectivity index (χ3v) is 4.43. The van der Waals surface area contributed by atoms with Gasteiger partial charge in [0, 0.05) is 28.2 Å². The van der Waals surface area contributed by atoms with Crippen molar-refractivity contribution in [3.05, 3.63) is 64.6 Å². The van der Waals surface area contributed by atoms with E-state index in [4.69, 9.17) is 4.74 Å². The summed E-state index contributed by atoms with van der Waals surface area (Å²) in [5, 5.41) is 0. The van der Waals surface area contributed by atoms with Gasteiger partial charge in [0.2, 0.25) is 0 Å². The molecule has 0 aliphatic heterocycles. The molecule has 2 aromatic rings. The Morgan fingerprint density at radius 2 is 1.59 bits per heavy atom. The van der Waals surface area contributed by atoms with Crippen LogP contribution >= 0.6 is 15.9 Å². The highest BCUT2D eigenvalue weighted by molar-refractivity contribution is 9.10. The van der Waals surface area contributed by atoms with Gasteiger partial charge in [-0.3, -0.25) is 14.4 Å². The average Bonchev–Trinajstić information content (AvgIpc) is 2.65. The number of Topliss-reactive ketones (excluding diaryl/α,β-unsaturated/α-hetero) is 1. The van der Waals surface area contributed by atoms with Gasteiger partial charge in [-0.25, -0.2) is 0 Å². The molecule has 0 unspecified atom stereocenters. The summed E-state index contributed by atoms with van der Waals surface area (Å²) < 4.78 is 5.95. The van der Waals surface area contributed by atoms with Gasteiger partial charge in [0.25, 0.3) is 5.91 Å². The Bertz CT molecular complexity index is 788. The van der Waals surface area contributed by atoms with Gasteiger partial charge in [0.1, 0.15) is 0 Å². The molecule has 0 aromatic heterocycles. The van der Waals surface area contributed by atoms with Crippen LogP contribution in [0.3, 0.4) is 0 Å². The number of hydrogen-bond acceptors (Lipinski definition) is 4. The van der Waals surface area contributed by atoms with Gasteiger partial charge in [-0.05, 0) is 38.1 Å². The van der Waals surface area contributed by atoms with Crippen LogP contribution in [0.4, 0.5) is 5.69 Å². The highest BCUT2D eigenvalue weighted by Gasteiger charge is 2.20. The molecule has 6 heteroatoms. The van der Waals surface area contributed by atoms with E-state index >= 15 is 0 Å². The van der Waals surface area contributed by atoms with E-state index in [1.54, 1.807) is 29.2 Å². The molecule has 1 amide bonds. The van der Waals surface area contributed by atoms with E-state index in [0.29, 0.717) is 5.56 Å². The predicted molar refractivity (Wildman–Crippen MR) is 108 cm³/mol. The third kappa shape index (κ3) is 6.32. The Kier molecular flexibility index (Phi) is 7.73. The number of halogens is 1. The van der Waals surface area contributed by atoms with Crippen LogP contribution in [0.1, 0.15) is 37.0 Å². The van der Waals surface area contributed by atoms with Gasteiger partial charge in [0.05, 0.1) is 6.42 Å². The van der Waals surface area contributed by atoms with E-state index < -0.39 is 5.97 Å². The van der Waals surface area contributed by atoms with Crippen molar-refractivity contribution in [2.75, 3.05) is 11.5 Å². The summed E-state index contributed by atoms with van der Waals surface area (Å²) in [5.74, 6) is -1.01. The molecule has 2 aromatic carbocycles. The zero-order valence-electron chi connectivity index (χ0n) is 15.4. The van der Waals surface area contributed by atoms with Gasteiger partial charge in [0.15, 0.2) is 12.4 Å². The van der Waals surface area contributed by atoms with Crippen LogP contribution in [0.5, 0.6) is 0 Å². The molecule has 2 rings (SSSR count). The second-order valence-corrected chi connectivity index (χ2v) is 7.20. The van der Waals surface area contributed by atoms with Crippen molar-refractivity contribution in [2.24, 2.45) is 0 Å². The number of ether oxygens (including phenoxy) is 1. The molecule has 0 saturated heterocycles. The summed E-state index contributed by atoms with van der Waals surface area (Å²) in [7, 11) is 0. The fourth-order valence-electron chi connectivity index (χ4n) is 2.60. The number of rotatable bonds is 8. The number of nitrogens with zero attached hydrogens (tertiary/aromatic N) is 1. The summed E-state index contributed by atoms with van der Waals surface area (Å²) >= 11 is 3.31. The summed E-state index contributed by atoms with van der Waals surface area (Å²) in [6.45, 7) is 3.44. The average molecular weight is 432 g/mol. The molecule has 0 radical (unpaired) electrons. The standard InChI is InChI=1S/C21H22BrNO4/c1-15(2)23(18-6-4-3-5-7-18)20(25)14-27-21(26)13-12-19(24)16-8-10-17(22)11-9-16/h3-11,15H,12-14H2,1-2H3. The molecule has 0 aliphatic carbocycles. The van der Waals surface area contributed by atoms with Crippen molar-refractivity contribution in [3.8, 4) is 0 Å². The minimum Gasteiger partial charge on any atom is -0.456 e. The normalized spacial score (nSPS) is 10.5. The van der Waals surface area contributed by atoms with Crippen molar-refractivity contribution in [1.82, 2.24) is 0 Å². The molecular formula is C21H22BrNO4. The maximum Gasteiger partial charge on any atom is 0.306 e. The molecule has 142 valence electrons. The molecular weight excluding hydrogens is 410 g/mol. The summed E-state index contributed by atoms with van der Waals surface area (Å²) in [4.78, 5) is 38.0. The minimum absolute atomic E-state index is 0.0429. The topological polar surface area (TPSA) is 63.7 Å². The van der Waals surface area contributed by atoms with E-state index in [9.17, 15) is 14.4 Å². The van der Waals surface area contributed by atoms with E-state index in [2.05, 4.69) is 15.9 Å². The quantitative estimate of drug-likeness (QED) is 0.458. The summed E-state index contributed by atoms with van der Waals surface area (Å²) in [5.41, 5.74) is 1.29. The number of carbonyl (C=O) groups is 3. The zero-order valence-corrected chi connectivity index (χ0v) is 16.9. The van der Waals surface area contributed by atoms with Crippen LogP contribution in [-0.4, -0.2) is 30.3 Å². The first kappa shape index (κ1) is 20.8. The lowest BCUT2D eigenvalue weighted by molar-refractivity contribution is -0.147. The van der Waals surface area contributed by atoms with Crippen molar-refractivity contribution >= 4 is 39.3 Å². The molecule has 5 nitrogen and oxygen atoms in total. The monoisotopic (exact) mass is 431 g/mol. The predicted octanol–water partition coefficient (Wildman–Crippen LogP) is 4.40. The SMILES string of the molecule is CC(C)N(C(=O)COC(=O)CCC(=O)c1ccc(Br)cc1)c1ccccc1. The van der Waals surface area contributed by atoms with Gasteiger partial charge in [-0.1, -0.05) is 46.3 Å². The number of amides is 1. The molecule has 0 aliphatic rings. The Morgan fingerprint density at radius 3 is 2.19 bits per heavy atom. The zero-order chi connectivity index (χ0) is 19.8. The van der Waals surface area contributed by atoms with Crippen molar-refractivity contribution < 1.29 is 19.1 Å². The second-order valence-electron chi connectivity index (χ2n) is 6.28. The summed E-state index contributed by atoms with van der Waals surface area (Å²) in [6, 6.07) is 16.1. The molecule has 27 heavy (non-hydrogen) atoms. The van der Waals surface area contributed by atoms with Crippen LogP contribution in [0, 0.1) is 0 Å². The molecule has 0 bridgehead atoms. The number of benzene rings is 2. The Morgan fingerprint density at radius 1 is 0.963 bits per heavy atom. The maximum absolute atomic E-state index is 12.5. The first-order valence-corrected chi connectivity index (χ1v) is 9.49. The van der Waals surface area contributed by atoms with Gasteiger partial charge in [-0.15, -0.1) is 0 Å². The van der Waals surface area contributed by atoms with Gasteiger partial charge >= 0.3 is 5.97 Å². The highest BCUT2D eigenvalue weighted by Crippen LogP contribution is 2.17. The van der Waals surface area contributed by atoms with E-state index in [1.165, 1.54) is 0 Å². The summed E-state index contributed by atoms with van der Waals surface area (Å²) in [6.07, 6.45) is -0.0174. The highest BCUT2D eigenvalue weighted by atomic mass is 79.9. The Balaban J connectivity index is 1.84. The fourth-order valence-corrected chi connectivity index (χ4v) is 2.86. The van der Waals surface area contributed by atoms with Crippen molar-refractivity contribution in [2.45, 2.75) is 32.7 Å². The van der Waals surface area contributed by atoms with Crippen LogP contribution in [0.2, 0.25) is 0 Å². The lowest BCUT2D eigenvalue weighted by Gasteiger charge is -2.26. The Labute approximate surface area is 167 Å². The molecule has 0 atom stereocenters. The van der Waals surface area contributed by atoms with Crippen LogP contribution < -0.4 is 4.90 Å². The van der Waals surface area contributed by atoms with Gasteiger partial charge in [-0.2, -0.15) is 0 Å². The number of para-hydroxylation sites is 1. The second kappa shape index (κ2) is 10.0. The molecule has 0 fully saturated rings. The molecule has 0 N–H and O–H groups in total. The Hall–Kier alpha value is -2.47. The minimum atomic E-state index is -0.564. The first-order valence-electron chi connectivity index (χ1n) is 8.70. The maximum atomic E-state index is 12.5. The number of hydrogen-bond donors (Lipinski definition) is 0. The van der Waals surface area contributed by atoms with E-state index in [-0.39, 0.29) is 37.2 Å². The third-order valence-electron chi connectivity index (χ3n) is 3.90. The lowest BCUT2D eigenvalue weighted by atomic mass is 10.1. The molecule has 0 spiro atoms. The van der Waals surface area contributed by atoms with Crippen molar-refractivity contribution in [3.63, 3.8) is 0 Å². The number of carbonyl (C=O) groups excluding carboxylic acids is 3. The molecule has 0 heterocycles. The largest absolute Gasteiger partial charge is 0.456 e. The smallest absolute Gasteiger partial charge is 0.306 e. The van der Waals surface area contributed by atoms with Gasteiger partial charge < -0.3 is 9.64 Å². The van der Waals surface area contributed by atoms with Crippen molar-refractivity contribution in [1.29, 1.82) is 0 Å². The molecule has 0 saturated carbocycles.